The van der Waals surface area contributed by atoms with E-state index in [1.54, 1.807) is 26.5 Å². The van der Waals surface area contributed by atoms with Gasteiger partial charge in [0.1, 0.15) is 11.3 Å². The molecule has 0 bridgehead atoms. The molecule has 0 atom stereocenters. The van der Waals surface area contributed by atoms with Crippen molar-refractivity contribution in [1.82, 2.24) is 9.97 Å². The number of pyridine rings is 2. The first-order valence-electron chi connectivity index (χ1n) is 12.4. The second-order valence-electron chi connectivity index (χ2n) is 9.69. The van der Waals surface area contributed by atoms with Gasteiger partial charge in [-0.1, -0.05) is 19.4 Å². The standard InChI is InChI=1S/C29H30F3N3O4/c1-6-7-22-20-14-25(38-5)24(37-4)13-19(20)16(15-34-22)12-17-8-9-18-21(29(30,31)32)10-11-23(26(18)35-17)39-28(2,3)27(33)36/h8-11,13-15H,6-7,12H2,1-5H3,(H2,33,36). The number of aromatic nitrogens is 2. The number of aryl methyl sites for hydroxylation is 1. The summed E-state index contributed by atoms with van der Waals surface area (Å²) < 4.78 is 58.2. The van der Waals surface area contributed by atoms with Crippen LogP contribution >= 0.6 is 0 Å². The molecule has 0 saturated carbocycles. The summed E-state index contributed by atoms with van der Waals surface area (Å²) >= 11 is 0. The summed E-state index contributed by atoms with van der Waals surface area (Å²) in [6.07, 6.45) is -0.920. The summed E-state index contributed by atoms with van der Waals surface area (Å²) in [5.41, 5.74) is 5.31. The van der Waals surface area contributed by atoms with Crippen LogP contribution in [0.15, 0.2) is 42.6 Å². The normalized spacial score (nSPS) is 12.1. The molecule has 0 aliphatic heterocycles. The smallest absolute Gasteiger partial charge is 0.417 e. The Hall–Kier alpha value is -4.08. The maximum atomic E-state index is 13.8. The Morgan fingerprint density at radius 2 is 1.62 bits per heavy atom. The predicted molar refractivity (Wildman–Crippen MR) is 142 cm³/mol. The average molecular weight is 542 g/mol. The van der Waals surface area contributed by atoms with Crippen LogP contribution in [0, 0.1) is 0 Å². The monoisotopic (exact) mass is 541 g/mol. The van der Waals surface area contributed by atoms with E-state index in [-0.39, 0.29) is 23.1 Å². The number of carbonyl (C=O) groups is 1. The second kappa shape index (κ2) is 10.6. The summed E-state index contributed by atoms with van der Waals surface area (Å²) in [5, 5.41) is 1.64. The molecule has 10 heteroatoms. The van der Waals surface area contributed by atoms with Crippen molar-refractivity contribution in [2.24, 2.45) is 5.73 Å². The zero-order chi connectivity index (χ0) is 28.5. The predicted octanol–water partition coefficient (Wildman–Crippen LogP) is 6.01. The van der Waals surface area contributed by atoms with Gasteiger partial charge in [0.2, 0.25) is 0 Å². The van der Waals surface area contributed by atoms with Crippen LogP contribution in [0.25, 0.3) is 21.7 Å². The van der Waals surface area contributed by atoms with Crippen LogP contribution < -0.4 is 19.9 Å². The fourth-order valence-corrected chi connectivity index (χ4v) is 4.44. The highest BCUT2D eigenvalue weighted by molar-refractivity contribution is 5.92. The lowest BCUT2D eigenvalue weighted by atomic mass is 9.98. The Bertz CT molecular complexity index is 1550. The van der Waals surface area contributed by atoms with Gasteiger partial charge in [-0.15, -0.1) is 0 Å². The molecule has 0 fully saturated rings. The van der Waals surface area contributed by atoms with Gasteiger partial charge in [0.05, 0.1) is 19.8 Å². The first kappa shape index (κ1) is 27.9. The topological polar surface area (TPSA) is 96.6 Å². The van der Waals surface area contributed by atoms with Crippen LogP contribution in [0.1, 0.15) is 49.7 Å². The molecular formula is C29H30F3N3O4. The number of alkyl halides is 3. The number of nitrogens with two attached hydrogens (primary N) is 1. The molecule has 4 aromatic rings. The quantitative estimate of drug-likeness (QED) is 0.279. The second-order valence-corrected chi connectivity index (χ2v) is 9.69. The van der Waals surface area contributed by atoms with Crippen molar-refractivity contribution in [3.05, 3.63) is 65.1 Å². The third-order valence-electron chi connectivity index (χ3n) is 6.56. The van der Waals surface area contributed by atoms with Gasteiger partial charge in [-0.25, -0.2) is 4.98 Å². The molecule has 2 aromatic heterocycles. The number of ether oxygens (including phenoxy) is 3. The number of hydrogen-bond acceptors (Lipinski definition) is 6. The van der Waals surface area contributed by atoms with Gasteiger partial charge >= 0.3 is 6.18 Å². The molecule has 2 aromatic carbocycles. The van der Waals surface area contributed by atoms with Crippen molar-refractivity contribution >= 4 is 27.6 Å². The highest BCUT2D eigenvalue weighted by Crippen LogP contribution is 2.39. The molecule has 1 amide bonds. The molecule has 0 spiro atoms. The van der Waals surface area contributed by atoms with Crippen molar-refractivity contribution in [2.75, 3.05) is 14.2 Å². The summed E-state index contributed by atoms with van der Waals surface area (Å²) in [7, 11) is 3.11. The molecule has 0 aliphatic rings. The van der Waals surface area contributed by atoms with E-state index >= 15 is 0 Å². The highest BCUT2D eigenvalue weighted by atomic mass is 19.4. The molecule has 206 valence electrons. The molecule has 0 aliphatic carbocycles. The van der Waals surface area contributed by atoms with Gasteiger partial charge in [0.15, 0.2) is 17.1 Å². The Kier molecular flexibility index (Phi) is 7.59. The van der Waals surface area contributed by atoms with Crippen LogP contribution in [-0.4, -0.2) is 35.7 Å². The Labute approximate surface area is 224 Å². The number of fused-ring (bicyclic) bond motifs is 2. The minimum atomic E-state index is -4.61. The van der Waals surface area contributed by atoms with Gasteiger partial charge < -0.3 is 19.9 Å². The van der Waals surface area contributed by atoms with Gasteiger partial charge in [-0.3, -0.25) is 9.78 Å². The first-order chi connectivity index (χ1) is 18.4. The van der Waals surface area contributed by atoms with E-state index in [4.69, 9.17) is 19.9 Å². The molecule has 0 unspecified atom stereocenters. The minimum absolute atomic E-state index is 0.0178. The van der Waals surface area contributed by atoms with E-state index < -0.39 is 23.2 Å². The lowest BCUT2D eigenvalue weighted by Crippen LogP contribution is -2.43. The van der Waals surface area contributed by atoms with Gasteiger partial charge in [0.25, 0.3) is 5.91 Å². The zero-order valence-electron chi connectivity index (χ0n) is 22.4. The number of rotatable bonds is 9. The third kappa shape index (κ3) is 5.55. The van der Waals surface area contributed by atoms with E-state index in [0.717, 1.165) is 40.9 Å². The number of primary amides is 1. The van der Waals surface area contributed by atoms with E-state index in [0.29, 0.717) is 17.2 Å². The number of hydrogen-bond donors (Lipinski definition) is 1. The van der Waals surface area contributed by atoms with E-state index in [9.17, 15) is 18.0 Å². The zero-order valence-corrected chi connectivity index (χ0v) is 22.4. The van der Waals surface area contributed by atoms with Crippen molar-refractivity contribution < 1.29 is 32.2 Å². The average Bonchev–Trinajstić information content (AvgIpc) is 2.88. The van der Waals surface area contributed by atoms with Crippen LogP contribution in [0.2, 0.25) is 0 Å². The highest BCUT2D eigenvalue weighted by Gasteiger charge is 2.35. The molecule has 0 radical (unpaired) electrons. The molecule has 2 N–H and O–H groups in total. The first-order valence-corrected chi connectivity index (χ1v) is 12.4. The van der Waals surface area contributed by atoms with Crippen LogP contribution in [-0.2, 0) is 23.8 Å². The number of amides is 1. The van der Waals surface area contributed by atoms with E-state index in [1.165, 1.54) is 26.0 Å². The summed E-state index contributed by atoms with van der Waals surface area (Å²) in [5.74, 6) is 0.381. The Balaban J connectivity index is 1.88. The van der Waals surface area contributed by atoms with Crippen molar-refractivity contribution in [3.63, 3.8) is 0 Å². The molecule has 2 heterocycles. The molecule has 7 nitrogen and oxygen atoms in total. The fraction of sp³-hybridized carbons (Fsp3) is 0.345. The molecule has 0 saturated heterocycles. The Morgan fingerprint density at radius 1 is 0.949 bits per heavy atom. The number of methoxy groups -OCH3 is 2. The van der Waals surface area contributed by atoms with Crippen molar-refractivity contribution in [2.45, 2.75) is 51.8 Å². The number of nitrogens with zero attached hydrogens (tertiary/aromatic N) is 2. The van der Waals surface area contributed by atoms with Crippen molar-refractivity contribution in [1.29, 1.82) is 0 Å². The largest absolute Gasteiger partial charge is 0.493 e. The Morgan fingerprint density at radius 3 is 2.21 bits per heavy atom. The minimum Gasteiger partial charge on any atom is -0.493 e. The van der Waals surface area contributed by atoms with Crippen LogP contribution in [0.3, 0.4) is 0 Å². The third-order valence-corrected chi connectivity index (χ3v) is 6.56. The maximum Gasteiger partial charge on any atom is 0.417 e. The van der Waals surface area contributed by atoms with Crippen molar-refractivity contribution in [3.8, 4) is 17.2 Å². The van der Waals surface area contributed by atoms with Crippen LogP contribution in [0.5, 0.6) is 17.2 Å². The van der Waals surface area contributed by atoms with Gasteiger partial charge in [-0.05, 0) is 61.5 Å². The van der Waals surface area contributed by atoms with Crippen LogP contribution in [0.4, 0.5) is 13.2 Å². The fourth-order valence-electron chi connectivity index (χ4n) is 4.44. The summed E-state index contributed by atoms with van der Waals surface area (Å²) in [6.45, 7) is 4.95. The molecule has 39 heavy (non-hydrogen) atoms. The van der Waals surface area contributed by atoms with Gasteiger partial charge in [0, 0.05) is 34.8 Å². The number of halogens is 3. The molecule has 4 rings (SSSR count). The lowest BCUT2D eigenvalue weighted by Gasteiger charge is -2.24. The van der Waals surface area contributed by atoms with Gasteiger partial charge in [-0.2, -0.15) is 13.2 Å². The number of benzene rings is 2. The number of carbonyl (C=O) groups excluding carboxylic acids is 1. The molecular weight excluding hydrogens is 511 g/mol. The lowest BCUT2D eigenvalue weighted by molar-refractivity contribution is -0.136. The maximum absolute atomic E-state index is 13.8. The van der Waals surface area contributed by atoms with E-state index in [1.807, 2.05) is 12.1 Å². The summed E-state index contributed by atoms with van der Waals surface area (Å²) in [4.78, 5) is 21.1. The summed E-state index contributed by atoms with van der Waals surface area (Å²) in [6, 6.07) is 8.76. The van der Waals surface area contributed by atoms with E-state index in [2.05, 4.69) is 16.9 Å². The SMILES string of the molecule is CCCc1ncc(Cc2ccc3c(C(F)(F)F)ccc(OC(C)(C)C(N)=O)c3n2)c2cc(OC)c(OC)cc12.